The van der Waals surface area contributed by atoms with Crippen molar-refractivity contribution in [3.63, 3.8) is 0 Å². The van der Waals surface area contributed by atoms with E-state index in [1.807, 2.05) is 0 Å². The molecule has 0 aromatic rings. The third-order valence-electron chi connectivity index (χ3n) is 4.84. The molecular weight excluding hydrogens is 224 g/mol. The van der Waals surface area contributed by atoms with Gasteiger partial charge < -0.3 is 9.80 Å². The monoisotopic (exact) mass is 242 g/mol. The molecule has 3 heteroatoms. The van der Waals surface area contributed by atoms with Gasteiger partial charge in [0, 0.05) is 30.8 Å². The highest BCUT2D eigenvalue weighted by atomic mass is 16.2. The smallest absolute Gasteiger partial charge is 0.226 e. The number of nitrogens with zero attached hydrogens (tertiary/aromatic N) is 2. The first kappa shape index (κ1) is 10.4. The molecule has 1 saturated heterocycles. The second kappa shape index (κ2) is 3.74. The van der Waals surface area contributed by atoms with Crippen molar-refractivity contribution >= 4 is 5.91 Å². The number of carbonyl (C=O) groups is 1. The van der Waals surface area contributed by atoms with E-state index in [9.17, 15) is 4.79 Å². The van der Waals surface area contributed by atoms with Gasteiger partial charge in [0.05, 0.1) is 6.04 Å². The predicted octanol–water partition coefficient (Wildman–Crippen LogP) is 1.89. The van der Waals surface area contributed by atoms with Crippen LogP contribution in [0.4, 0.5) is 0 Å². The first-order valence-corrected chi connectivity index (χ1v) is 6.91. The van der Waals surface area contributed by atoms with Crippen LogP contribution in [0.15, 0.2) is 36.7 Å². The number of fused-ring (bicyclic) bond motifs is 2. The predicted molar refractivity (Wildman–Crippen MR) is 69.4 cm³/mol. The maximum atomic E-state index is 12.1. The summed E-state index contributed by atoms with van der Waals surface area (Å²) in [6.45, 7) is 0.934. The lowest BCUT2D eigenvalue weighted by Crippen LogP contribution is -2.62. The third-order valence-corrected chi connectivity index (χ3v) is 4.84. The van der Waals surface area contributed by atoms with E-state index in [4.69, 9.17) is 0 Å². The van der Waals surface area contributed by atoms with Crippen LogP contribution in [0.5, 0.6) is 0 Å². The summed E-state index contributed by atoms with van der Waals surface area (Å²) < 4.78 is 0. The zero-order chi connectivity index (χ0) is 12.1. The molecule has 94 valence electrons. The van der Waals surface area contributed by atoms with Gasteiger partial charge in [-0.3, -0.25) is 4.79 Å². The van der Waals surface area contributed by atoms with Gasteiger partial charge in [0.25, 0.3) is 0 Å². The fourth-order valence-electron chi connectivity index (χ4n) is 4.11. The SMILES string of the molecule is O=C1CC=CC2C3CC=CN4C=CCC(CN12)C34. The quantitative estimate of drug-likeness (QED) is 0.606. The van der Waals surface area contributed by atoms with E-state index in [0.717, 1.165) is 19.4 Å². The Kier molecular flexibility index (Phi) is 2.16. The van der Waals surface area contributed by atoms with Crippen molar-refractivity contribution in [3.8, 4) is 0 Å². The molecule has 0 aromatic carbocycles. The number of hydrogen-bond donors (Lipinski definition) is 0. The lowest BCUT2D eigenvalue weighted by molar-refractivity contribution is -0.138. The minimum Gasteiger partial charge on any atom is -0.351 e. The molecule has 4 aliphatic rings. The third kappa shape index (κ3) is 1.33. The van der Waals surface area contributed by atoms with Crippen LogP contribution in [-0.2, 0) is 4.79 Å². The summed E-state index contributed by atoms with van der Waals surface area (Å²) in [6.07, 6.45) is 16.1. The van der Waals surface area contributed by atoms with E-state index < -0.39 is 0 Å². The van der Waals surface area contributed by atoms with Crippen molar-refractivity contribution in [1.29, 1.82) is 0 Å². The lowest BCUT2D eigenvalue weighted by Gasteiger charge is -2.54. The summed E-state index contributed by atoms with van der Waals surface area (Å²) in [4.78, 5) is 16.6. The second-order valence-corrected chi connectivity index (χ2v) is 5.77. The van der Waals surface area contributed by atoms with Crippen LogP contribution in [0.3, 0.4) is 0 Å². The molecular formula is C15H18N2O. The van der Waals surface area contributed by atoms with Gasteiger partial charge in [-0.2, -0.15) is 0 Å². The molecule has 4 unspecified atom stereocenters. The number of rotatable bonds is 0. The van der Waals surface area contributed by atoms with Crippen LogP contribution < -0.4 is 0 Å². The molecule has 0 saturated carbocycles. The van der Waals surface area contributed by atoms with Gasteiger partial charge >= 0.3 is 0 Å². The van der Waals surface area contributed by atoms with Gasteiger partial charge in [-0.15, -0.1) is 0 Å². The Balaban J connectivity index is 1.76. The van der Waals surface area contributed by atoms with Crippen LogP contribution >= 0.6 is 0 Å². The van der Waals surface area contributed by atoms with Gasteiger partial charge in [-0.05, 0) is 25.2 Å². The first-order chi connectivity index (χ1) is 8.84. The number of hydrogen-bond acceptors (Lipinski definition) is 2. The van der Waals surface area contributed by atoms with Crippen LogP contribution in [-0.4, -0.2) is 34.3 Å². The maximum absolute atomic E-state index is 12.1. The molecule has 0 bridgehead atoms. The highest BCUT2D eigenvalue weighted by Gasteiger charge is 2.47. The number of piperidine rings is 1. The molecule has 0 radical (unpaired) electrons. The molecule has 0 aliphatic carbocycles. The van der Waals surface area contributed by atoms with Crippen LogP contribution in [0.1, 0.15) is 19.3 Å². The highest BCUT2D eigenvalue weighted by Crippen LogP contribution is 2.42. The minimum atomic E-state index is 0.316. The van der Waals surface area contributed by atoms with Gasteiger partial charge in [-0.1, -0.05) is 24.3 Å². The van der Waals surface area contributed by atoms with E-state index in [1.165, 1.54) is 0 Å². The van der Waals surface area contributed by atoms with Gasteiger partial charge in [-0.25, -0.2) is 0 Å². The summed E-state index contributed by atoms with van der Waals surface area (Å²) in [7, 11) is 0. The van der Waals surface area contributed by atoms with Crippen molar-refractivity contribution < 1.29 is 4.79 Å². The van der Waals surface area contributed by atoms with E-state index in [1.54, 1.807) is 0 Å². The maximum Gasteiger partial charge on any atom is 0.226 e. The molecule has 1 amide bonds. The normalized spacial score (nSPS) is 40.8. The minimum absolute atomic E-state index is 0.316. The Hall–Kier alpha value is -1.51. The van der Waals surface area contributed by atoms with E-state index in [2.05, 4.69) is 46.5 Å². The van der Waals surface area contributed by atoms with Crippen molar-refractivity contribution in [2.45, 2.75) is 31.3 Å². The Labute approximate surface area is 107 Å². The molecule has 0 N–H and O–H groups in total. The fraction of sp³-hybridized carbons (Fsp3) is 0.533. The molecule has 3 nitrogen and oxygen atoms in total. The topological polar surface area (TPSA) is 23.6 Å². The Morgan fingerprint density at radius 2 is 1.94 bits per heavy atom. The average molecular weight is 242 g/mol. The van der Waals surface area contributed by atoms with Gasteiger partial charge in [0.1, 0.15) is 0 Å². The zero-order valence-corrected chi connectivity index (χ0v) is 10.4. The summed E-state index contributed by atoms with van der Waals surface area (Å²) in [5, 5.41) is 0. The molecule has 4 atom stereocenters. The average Bonchev–Trinajstić information content (AvgIpc) is 2.41. The van der Waals surface area contributed by atoms with E-state index >= 15 is 0 Å². The molecule has 4 heterocycles. The molecule has 4 rings (SSSR count). The standard InChI is InChI=1S/C15H18N2O/c18-14-7-1-6-13-12-5-3-9-16-8-2-4-11(15(12)16)10-17(13)14/h1-3,6,8-9,11-13,15H,4-5,7,10H2. The Morgan fingerprint density at radius 1 is 1.11 bits per heavy atom. The first-order valence-electron chi connectivity index (χ1n) is 6.91. The largest absolute Gasteiger partial charge is 0.351 e. The number of amides is 1. The molecule has 18 heavy (non-hydrogen) atoms. The van der Waals surface area contributed by atoms with Crippen LogP contribution in [0.25, 0.3) is 0 Å². The van der Waals surface area contributed by atoms with E-state index in [0.29, 0.717) is 36.2 Å². The number of carbonyl (C=O) groups excluding carboxylic acids is 1. The fourth-order valence-corrected chi connectivity index (χ4v) is 4.11. The van der Waals surface area contributed by atoms with Crippen LogP contribution in [0, 0.1) is 11.8 Å². The molecule has 1 fully saturated rings. The van der Waals surface area contributed by atoms with Crippen LogP contribution in [0.2, 0.25) is 0 Å². The Morgan fingerprint density at radius 3 is 2.83 bits per heavy atom. The Bertz CT molecular complexity index is 465. The van der Waals surface area contributed by atoms with Crippen molar-refractivity contribution in [2.24, 2.45) is 11.8 Å². The summed E-state index contributed by atoms with van der Waals surface area (Å²) in [6, 6.07) is 0.920. The second-order valence-electron chi connectivity index (χ2n) is 5.77. The molecule has 4 aliphatic heterocycles. The van der Waals surface area contributed by atoms with Gasteiger partial charge in [0.15, 0.2) is 0 Å². The summed E-state index contributed by atoms with van der Waals surface area (Å²) >= 11 is 0. The van der Waals surface area contributed by atoms with Crippen molar-refractivity contribution in [1.82, 2.24) is 9.80 Å². The highest BCUT2D eigenvalue weighted by molar-refractivity contribution is 5.79. The zero-order valence-electron chi connectivity index (χ0n) is 10.4. The summed E-state index contributed by atoms with van der Waals surface area (Å²) in [5.41, 5.74) is 0. The molecule has 0 aromatic heterocycles. The number of allylic oxidation sites excluding steroid dienone is 2. The van der Waals surface area contributed by atoms with Crippen molar-refractivity contribution in [2.75, 3.05) is 6.54 Å². The lowest BCUT2D eigenvalue weighted by atomic mass is 9.71. The van der Waals surface area contributed by atoms with E-state index in [-0.39, 0.29) is 0 Å². The van der Waals surface area contributed by atoms with Gasteiger partial charge in [0.2, 0.25) is 5.91 Å². The molecule has 0 spiro atoms. The summed E-state index contributed by atoms with van der Waals surface area (Å²) in [5.74, 6) is 1.49. The van der Waals surface area contributed by atoms with Crippen molar-refractivity contribution in [3.05, 3.63) is 36.7 Å².